The number of hydrogen-bond donors (Lipinski definition) is 1. The maximum Gasteiger partial charge on any atom is 0.261 e. The predicted molar refractivity (Wildman–Crippen MR) is 138 cm³/mol. The highest BCUT2D eigenvalue weighted by molar-refractivity contribution is 7.92. The Bertz CT molecular complexity index is 1120. The second-order valence-electron chi connectivity index (χ2n) is 10.1. The van der Waals surface area contributed by atoms with Gasteiger partial charge in [-0.15, -0.1) is 0 Å². The molecule has 192 valence electrons. The van der Waals surface area contributed by atoms with Crippen LogP contribution in [-0.4, -0.2) is 59.7 Å². The second kappa shape index (κ2) is 10.9. The van der Waals surface area contributed by atoms with Crippen molar-refractivity contribution in [1.29, 1.82) is 0 Å². The van der Waals surface area contributed by atoms with E-state index in [-0.39, 0.29) is 16.9 Å². The summed E-state index contributed by atoms with van der Waals surface area (Å²) in [6.07, 6.45) is 1.94. The van der Waals surface area contributed by atoms with E-state index in [4.69, 9.17) is 9.47 Å². The van der Waals surface area contributed by atoms with Crippen LogP contribution >= 0.6 is 0 Å². The molecule has 1 unspecified atom stereocenters. The van der Waals surface area contributed by atoms with Crippen LogP contribution in [0.2, 0.25) is 0 Å². The third kappa shape index (κ3) is 6.89. The Kier molecular flexibility index (Phi) is 8.33. The van der Waals surface area contributed by atoms with Crippen molar-refractivity contribution in [2.75, 3.05) is 44.0 Å². The minimum absolute atomic E-state index is 0.0147. The normalized spacial score (nSPS) is 16.1. The van der Waals surface area contributed by atoms with Gasteiger partial charge in [0.1, 0.15) is 5.75 Å². The summed E-state index contributed by atoms with van der Waals surface area (Å²) in [7, 11) is 1.59. The molecule has 1 fully saturated rings. The molecule has 2 aromatic rings. The topological polar surface area (TPSA) is 88.2 Å². The van der Waals surface area contributed by atoms with E-state index in [1.807, 2.05) is 50.7 Å². The van der Waals surface area contributed by atoms with Gasteiger partial charge >= 0.3 is 0 Å². The van der Waals surface area contributed by atoms with E-state index in [1.54, 1.807) is 24.3 Å². The fourth-order valence-corrected chi connectivity index (χ4v) is 5.16. The lowest BCUT2D eigenvalue weighted by atomic mass is 9.94. The number of methoxy groups -OCH3 is 1. The number of ether oxygens (including phenoxy) is 2. The molecule has 1 N–H and O–H groups in total. The Labute approximate surface area is 209 Å². The van der Waals surface area contributed by atoms with Gasteiger partial charge in [0.2, 0.25) is 5.91 Å². The van der Waals surface area contributed by atoms with Gasteiger partial charge in [-0.2, -0.15) is 0 Å². The summed E-state index contributed by atoms with van der Waals surface area (Å²) in [6.45, 7) is 7.29. The third-order valence-electron chi connectivity index (χ3n) is 5.92. The molecule has 35 heavy (non-hydrogen) atoms. The molecule has 3 rings (SSSR count). The minimum Gasteiger partial charge on any atom is -0.497 e. The highest BCUT2D eigenvalue weighted by Gasteiger charge is 2.31. The van der Waals surface area contributed by atoms with Gasteiger partial charge in [0, 0.05) is 50.6 Å². The average molecular weight is 504 g/mol. The Balaban J connectivity index is 1.91. The minimum atomic E-state index is -3.79. The van der Waals surface area contributed by atoms with E-state index in [9.17, 15) is 13.2 Å². The van der Waals surface area contributed by atoms with Gasteiger partial charge in [0.15, 0.2) is 0 Å². The van der Waals surface area contributed by atoms with Gasteiger partial charge in [0.05, 0.1) is 18.1 Å². The molecule has 0 saturated carbocycles. The first-order valence-corrected chi connectivity index (χ1v) is 13.3. The fourth-order valence-electron chi connectivity index (χ4n) is 4.11. The molecule has 0 aliphatic carbocycles. The Hall–Kier alpha value is -2.78. The summed E-state index contributed by atoms with van der Waals surface area (Å²) in [5.74, 6) is 0.610. The Morgan fingerprint density at radius 1 is 1.14 bits per heavy atom. The van der Waals surface area contributed by atoms with Crippen molar-refractivity contribution in [3.05, 3.63) is 48.0 Å². The van der Waals surface area contributed by atoms with E-state index < -0.39 is 15.4 Å². The Morgan fingerprint density at radius 3 is 2.37 bits per heavy atom. The van der Waals surface area contributed by atoms with Crippen LogP contribution in [0.4, 0.5) is 11.4 Å². The monoisotopic (exact) mass is 503 g/mol. The smallest absolute Gasteiger partial charge is 0.261 e. The van der Waals surface area contributed by atoms with Crippen LogP contribution in [0.5, 0.6) is 5.75 Å². The first-order chi connectivity index (χ1) is 16.4. The lowest BCUT2D eigenvalue weighted by molar-refractivity contribution is -0.141. The zero-order chi connectivity index (χ0) is 25.8. The van der Waals surface area contributed by atoms with Crippen LogP contribution < -0.4 is 14.4 Å². The number of sulfonamides is 1. The van der Waals surface area contributed by atoms with Gasteiger partial charge in [-0.05, 0) is 60.9 Å². The number of anilines is 2. The highest BCUT2D eigenvalue weighted by Crippen LogP contribution is 2.29. The van der Waals surface area contributed by atoms with Crippen molar-refractivity contribution in [2.24, 2.45) is 5.41 Å². The summed E-state index contributed by atoms with van der Waals surface area (Å²) in [5.41, 5.74) is 1.64. The average Bonchev–Trinajstić information content (AvgIpc) is 3.30. The quantitative estimate of drug-likeness (QED) is 0.554. The van der Waals surface area contributed by atoms with Crippen molar-refractivity contribution >= 4 is 27.3 Å². The van der Waals surface area contributed by atoms with Crippen LogP contribution in [0.1, 0.15) is 39.2 Å². The van der Waals surface area contributed by atoms with Crippen molar-refractivity contribution in [3.8, 4) is 5.75 Å². The zero-order valence-electron chi connectivity index (χ0n) is 21.5. The van der Waals surface area contributed by atoms with E-state index in [1.165, 1.54) is 19.2 Å². The number of benzene rings is 2. The molecule has 8 nitrogen and oxygen atoms in total. The molecule has 0 bridgehead atoms. The first-order valence-electron chi connectivity index (χ1n) is 11.8. The van der Waals surface area contributed by atoms with Crippen molar-refractivity contribution < 1.29 is 22.7 Å². The summed E-state index contributed by atoms with van der Waals surface area (Å²) in [4.78, 5) is 17.3. The van der Waals surface area contributed by atoms with E-state index in [0.29, 0.717) is 31.1 Å². The number of nitrogens with zero attached hydrogens (tertiary/aromatic N) is 2. The SMILES string of the molecule is COc1ccc(S(=O)(=O)Nc2ccc(N(C)C)c(CN(CC3CCCO3)C(=O)C(C)(C)C)c2)cc1. The van der Waals surface area contributed by atoms with Crippen molar-refractivity contribution in [2.45, 2.75) is 51.2 Å². The van der Waals surface area contributed by atoms with Crippen molar-refractivity contribution in [3.63, 3.8) is 0 Å². The molecular formula is C26H37N3O5S. The molecule has 1 atom stereocenters. The predicted octanol–water partition coefficient (Wildman–Crippen LogP) is 4.12. The van der Waals surface area contributed by atoms with Gasteiger partial charge in [-0.3, -0.25) is 9.52 Å². The summed E-state index contributed by atoms with van der Waals surface area (Å²) in [5, 5.41) is 0. The van der Waals surface area contributed by atoms with E-state index >= 15 is 0 Å². The molecule has 1 heterocycles. The van der Waals surface area contributed by atoms with Crippen molar-refractivity contribution in [1.82, 2.24) is 4.90 Å². The Morgan fingerprint density at radius 2 is 1.83 bits per heavy atom. The van der Waals surface area contributed by atoms with Crippen LogP contribution in [0.25, 0.3) is 0 Å². The summed E-state index contributed by atoms with van der Waals surface area (Å²) < 4.78 is 39.6. The van der Waals surface area contributed by atoms with E-state index in [2.05, 4.69) is 4.72 Å². The molecule has 0 radical (unpaired) electrons. The van der Waals surface area contributed by atoms with Gasteiger partial charge in [-0.1, -0.05) is 20.8 Å². The zero-order valence-corrected chi connectivity index (χ0v) is 22.3. The number of hydrogen-bond acceptors (Lipinski definition) is 6. The van der Waals surface area contributed by atoms with E-state index in [0.717, 1.165) is 24.1 Å². The van der Waals surface area contributed by atoms with Crippen LogP contribution in [0.3, 0.4) is 0 Å². The summed E-state index contributed by atoms with van der Waals surface area (Å²) >= 11 is 0. The lowest BCUT2D eigenvalue weighted by Gasteiger charge is -2.32. The van der Waals surface area contributed by atoms with Crippen LogP contribution in [0, 0.1) is 5.41 Å². The molecule has 0 spiro atoms. The second-order valence-corrected chi connectivity index (χ2v) is 11.8. The molecule has 1 saturated heterocycles. The maximum atomic E-state index is 13.3. The molecule has 0 aromatic heterocycles. The number of amides is 1. The van der Waals surface area contributed by atoms with Gasteiger partial charge in [0.25, 0.3) is 10.0 Å². The largest absolute Gasteiger partial charge is 0.497 e. The number of carbonyl (C=O) groups is 1. The molecule has 2 aromatic carbocycles. The maximum absolute atomic E-state index is 13.3. The van der Waals surface area contributed by atoms with Gasteiger partial charge < -0.3 is 19.3 Å². The molecule has 1 aliphatic rings. The number of rotatable bonds is 9. The first kappa shape index (κ1) is 26.8. The molecular weight excluding hydrogens is 466 g/mol. The lowest BCUT2D eigenvalue weighted by Crippen LogP contribution is -2.43. The van der Waals surface area contributed by atoms with Crippen LogP contribution in [0.15, 0.2) is 47.4 Å². The fraction of sp³-hybridized carbons (Fsp3) is 0.500. The van der Waals surface area contributed by atoms with Crippen LogP contribution in [-0.2, 0) is 26.1 Å². The molecule has 1 amide bonds. The number of nitrogens with one attached hydrogen (secondary N) is 1. The third-order valence-corrected chi connectivity index (χ3v) is 7.32. The van der Waals surface area contributed by atoms with Gasteiger partial charge in [-0.25, -0.2) is 8.42 Å². The molecule has 1 aliphatic heterocycles. The number of carbonyl (C=O) groups excluding carboxylic acids is 1. The molecule has 9 heteroatoms. The summed E-state index contributed by atoms with van der Waals surface area (Å²) in [6, 6.07) is 11.6. The standard InChI is InChI=1S/C26H37N3O5S/c1-26(2,3)25(30)29(18-22-8-7-15-34-22)17-19-16-20(9-14-24(19)28(4)5)27-35(31,32)23-12-10-21(33-6)11-13-23/h9-14,16,22,27H,7-8,15,17-18H2,1-6H3. The highest BCUT2D eigenvalue weighted by atomic mass is 32.2.